The second-order valence-corrected chi connectivity index (χ2v) is 8.19. The summed E-state index contributed by atoms with van der Waals surface area (Å²) in [6.07, 6.45) is 0. The summed E-state index contributed by atoms with van der Waals surface area (Å²) in [6, 6.07) is 12.6. The van der Waals surface area contributed by atoms with E-state index in [2.05, 4.69) is 15.2 Å². The van der Waals surface area contributed by atoms with Crippen LogP contribution in [0.4, 0.5) is 10.5 Å². The first-order valence-electron chi connectivity index (χ1n) is 11.6. The highest BCUT2D eigenvalue weighted by atomic mass is 16.5. The van der Waals surface area contributed by atoms with Crippen molar-refractivity contribution >= 4 is 28.7 Å². The van der Waals surface area contributed by atoms with Crippen molar-refractivity contribution in [3.05, 3.63) is 53.9 Å². The molecule has 9 nitrogen and oxygen atoms in total. The van der Waals surface area contributed by atoms with Crippen LogP contribution in [0, 0.1) is 0 Å². The number of amides is 3. The van der Waals surface area contributed by atoms with Crippen molar-refractivity contribution in [3.8, 4) is 5.75 Å². The number of anilines is 1. The Morgan fingerprint density at radius 3 is 2.41 bits per heavy atom. The molecule has 34 heavy (non-hydrogen) atoms. The van der Waals surface area contributed by atoms with Gasteiger partial charge in [-0.25, -0.2) is 9.78 Å². The number of aromatic nitrogens is 1. The number of hydrogen-bond donors (Lipinski definition) is 1. The van der Waals surface area contributed by atoms with E-state index in [1.165, 1.54) is 0 Å². The molecule has 1 fully saturated rings. The molecule has 1 aliphatic rings. The van der Waals surface area contributed by atoms with E-state index in [1.54, 1.807) is 29.0 Å². The predicted molar refractivity (Wildman–Crippen MR) is 130 cm³/mol. The molecule has 0 unspecified atom stereocenters. The molecular formula is C25H31N5O4. The average Bonchev–Trinajstić information content (AvgIpc) is 3.27. The van der Waals surface area contributed by atoms with Gasteiger partial charge in [0.05, 0.1) is 13.7 Å². The Bertz CT molecular complexity index is 1130. The minimum atomic E-state index is -0.114. The van der Waals surface area contributed by atoms with Crippen molar-refractivity contribution in [2.45, 2.75) is 20.4 Å². The minimum absolute atomic E-state index is 0.000452. The average molecular weight is 466 g/mol. The first kappa shape index (κ1) is 23.6. The molecule has 9 heteroatoms. The third-order valence-corrected chi connectivity index (χ3v) is 6.09. The van der Waals surface area contributed by atoms with Gasteiger partial charge in [0.15, 0.2) is 5.58 Å². The van der Waals surface area contributed by atoms with E-state index in [0.717, 1.165) is 24.5 Å². The molecule has 3 amide bonds. The number of methoxy groups -OCH3 is 1. The van der Waals surface area contributed by atoms with Crippen LogP contribution in [0.5, 0.6) is 5.75 Å². The maximum Gasteiger partial charge on any atom is 0.321 e. The van der Waals surface area contributed by atoms with Gasteiger partial charge in [0, 0.05) is 50.5 Å². The minimum Gasteiger partial charge on any atom is -0.497 e. The summed E-state index contributed by atoms with van der Waals surface area (Å²) >= 11 is 0. The molecule has 1 aliphatic heterocycles. The zero-order chi connectivity index (χ0) is 24.1. The molecule has 0 aliphatic carbocycles. The van der Waals surface area contributed by atoms with E-state index in [-0.39, 0.29) is 11.9 Å². The summed E-state index contributed by atoms with van der Waals surface area (Å²) in [7, 11) is 1.61. The largest absolute Gasteiger partial charge is 0.497 e. The highest BCUT2D eigenvalue weighted by Crippen LogP contribution is 2.20. The van der Waals surface area contributed by atoms with Gasteiger partial charge in [0.1, 0.15) is 11.3 Å². The molecule has 0 atom stereocenters. The van der Waals surface area contributed by atoms with E-state index < -0.39 is 0 Å². The van der Waals surface area contributed by atoms with Crippen LogP contribution in [0.3, 0.4) is 0 Å². The highest BCUT2D eigenvalue weighted by Gasteiger charge is 2.23. The zero-order valence-electron chi connectivity index (χ0n) is 19.9. The van der Waals surface area contributed by atoms with Gasteiger partial charge in [-0.05, 0) is 56.3 Å². The molecule has 0 spiro atoms. The quantitative estimate of drug-likeness (QED) is 0.573. The predicted octanol–water partition coefficient (Wildman–Crippen LogP) is 3.67. The van der Waals surface area contributed by atoms with Crippen LogP contribution in [0.15, 0.2) is 46.9 Å². The van der Waals surface area contributed by atoms with Crippen LogP contribution in [-0.4, -0.2) is 78.0 Å². The van der Waals surface area contributed by atoms with Crippen LogP contribution in [0.2, 0.25) is 0 Å². The number of hydrogen-bond acceptors (Lipinski definition) is 6. The van der Waals surface area contributed by atoms with Crippen molar-refractivity contribution in [3.63, 3.8) is 0 Å². The Morgan fingerprint density at radius 1 is 1.06 bits per heavy atom. The molecule has 180 valence electrons. The van der Waals surface area contributed by atoms with Crippen molar-refractivity contribution in [2.24, 2.45) is 0 Å². The lowest BCUT2D eigenvalue weighted by atomic mass is 10.2. The van der Waals surface area contributed by atoms with Gasteiger partial charge >= 0.3 is 6.03 Å². The highest BCUT2D eigenvalue weighted by molar-refractivity contribution is 5.97. The second-order valence-electron chi connectivity index (χ2n) is 8.19. The standard InChI is InChI=1S/C25H31N5O4/c1-4-29(5-2)24(31)18-6-11-22-21(16-18)27-23(34-22)17-28-12-14-30(15-13-28)25(32)26-19-7-9-20(33-3)10-8-19/h6-11,16H,4-5,12-15,17H2,1-3H3,(H,26,32). The number of nitrogens with one attached hydrogen (secondary N) is 1. The van der Waals surface area contributed by atoms with E-state index in [9.17, 15) is 9.59 Å². The number of benzene rings is 2. The number of nitrogens with zero attached hydrogens (tertiary/aromatic N) is 4. The van der Waals surface area contributed by atoms with Crippen molar-refractivity contribution in [1.82, 2.24) is 19.7 Å². The molecular weight excluding hydrogens is 434 g/mol. The summed E-state index contributed by atoms with van der Waals surface area (Å²) in [5.74, 6) is 1.36. The number of piperazine rings is 1. The van der Waals surface area contributed by atoms with Gasteiger partial charge in [-0.3, -0.25) is 9.69 Å². The number of carbonyl (C=O) groups is 2. The molecule has 0 saturated carbocycles. The number of carbonyl (C=O) groups excluding carboxylic acids is 2. The smallest absolute Gasteiger partial charge is 0.321 e. The van der Waals surface area contributed by atoms with E-state index in [1.807, 2.05) is 44.2 Å². The molecule has 1 aromatic heterocycles. The summed E-state index contributed by atoms with van der Waals surface area (Å²) < 4.78 is 11.1. The fourth-order valence-corrected chi connectivity index (χ4v) is 4.05. The van der Waals surface area contributed by atoms with Crippen molar-refractivity contribution in [2.75, 3.05) is 51.7 Å². The molecule has 1 N–H and O–H groups in total. The number of urea groups is 1. The van der Waals surface area contributed by atoms with E-state index in [0.29, 0.717) is 55.3 Å². The summed E-state index contributed by atoms with van der Waals surface area (Å²) in [5.41, 5.74) is 2.71. The molecule has 2 aromatic carbocycles. The number of ether oxygens (including phenoxy) is 1. The normalized spacial score (nSPS) is 14.3. The van der Waals surface area contributed by atoms with Crippen LogP contribution >= 0.6 is 0 Å². The van der Waals surface area contributed by atoms with Gasteiger partial charge < -0.3 is 24.3 Å². The van der Waals surface area contributed by atoms with Gasteiger partial charge in [-0.1, -0.05) is 0 Å². The van der Waals surface area contributed by atoms with E-state index >= 15 is 0 Å². The van der Waals surface area contributed by atoms with Crippen LogP contribution in [0.1, 0.15) is 30.1 Å². The Morgan fingerprint density at radius 2 is 1.76 bits per heavy atom. The van der Waals surface area contributed by atoms with E-state index in [4.69, 9.17) is 9.15 Å². The van der Waals surface area contributed by atoms with Crippen LogP contribution in [-0.2, 0) is 6.54 Å². The maximum absolute atomic E-state index is 12.6. The summed E-state index contributed by atoms with van der Waals surface area (Å²) in [4.78, 5) is 35.6. The summed E-state index contributed by atoms with van der Waals surface area (Å²) in [6.45, 7) is 8.51. The topological polar surface area (TPSA) is 91.2 Å². The number of rotatable bonds is 7. The van der Waals surface area contributed by atoms with Crippen LogP contribution < -0.4 is 10.1 Å². The van der Waals surface area contributed by atoms with Crippen molar-refractivity contribution in [1.29, 1.82) is 0 Å². The lowest BCUT2D eigenvalue weighted by Gasteiger charge is -2.34. The third-order valence-electron chi connectivity index (χ3n) is 6.09. The molecule has 2 heterocycles. The summed E-state index contributed by atoms with van der Waals surface area (Å²) in [5, 5.41) is 2.93. The second kappa shape index (κ2) is 10.6. The SMILES string of the molecule is CCN(CC)C(=O)c1ccc2oc(CN3CCN(C(=O)Nc4ccc(OC)cc4)CC3)nc2c1. The fourth-order valence-electron chi connectivity index (χ4n) is 4.05. The molecule has 4 rings (SSSR count). The monoisotopic (exact) mass is 465 g/mol. The van der Waals surface area contributed by atoms with Gasteiger partial charge in [0.25, 0.3) is 5.91 Å². The van der Waals surface area contributed by atoms with Crippen LogP contribution in [0.25, 0.3) is 11.1 Å². The van der Waals surface area contributed by atoms with Crippen molar-refractivity contribution < 1.29 is 18.7 Å². The Hall–Kier alpha value is -3.59. The lowest BCUT2D eigenvalue weighted by Crippen LogP contribution is -2.49. The Kier molecular flexibility index (Phi) is 7.32. The first-order chi connectivity index (χ1) is 16.5. The zero-order valence-corrected chi connectivity index (χ0v) is 19.9. The third kappa shape index (κ3) is 5.31. The Balaban J connectivity index is 1.32. The molecule has 1 saturated heterocycles. The fraction of sp³-hybridized carbons (Fsp3) is 0.400. The van der Waals surface area contributed by atoms with Gasteiger partial charge in [-0.15, -0.1) is 0 Å². The lowest BCUT2D eigenvalue weighted by molar-refractivity contribution is 0.0773. The molecule has 0 bridgehead atoms. The Labute approximate surface area is 199 Å². The first-order valence-corrected chi connectivity index (χ1v) is 11.6. The number of fused-ring (bicyclic) bond motifs is 1. The molecule has 0 radical (unpaired) electrons. The maximum atomic E-state index is 12.6. The van der Waals surface area contributed by atoms with Gasteiger partial charge in [0.2, 0.25) is 5.89 Å². The van der Waals surface area contributed by atoms with Gasteiger partial charge in [-0.2, -0.15) is 0 Å². The molecule has 3 aromatic rings. The number of oxazole rings is 1.